The first-order valence-corrected chi connectivity index (χ1v) is 6.80. The quantitative estimate of drug-likeness (QED) is 0.793. The molecule has 0 bridgehead atoms. The summed E-state index contributed by atoms with van der Waals surface area (Å²) in [6.45, 7) is 2.56. The number of hydrogen-bond donors (Lipinski definition) is 1. The minimum Gasteiger partial charge on any atom is -0.378 e. The van der Waals surface area contributed by atoms with Gasteiger partial charge in [-0.1, -0.05) is 12.1 Å². The molecule has 0 spiro atoms. The standard InChI is InChI=1S/C14H12N4S/c1-10-3-2-4-13(12(10)7-15)16-8-11-9-18-5-6-19-14(18)17-11/h2-6,9,16H,8H2,1H3. The normalized spacial score (nSPS) is 10.5. The van der Waals surface area contributed by atoms with Gasteiger partial charge >= 0.3 is 0 Å². The van der Waals surface area contributed by atoms with Gasteiger partial charge in [0.2, 0.25) is 0 Å². The van der Waals surface area contributed by atoms with Crippen molar-refractivity contribution >= 4 is 22.0 Å². The lowest BCUT2D eigenvalue weighted by Gasteiger charge is -2.08. The van der Waals surface area contributed by atoms with Crippen LogP contribution in [-0.2, 0) is 6.54 Å². The number of aryl methyl sites for hydroxylation is 1. The molecule has 0 saturated carbocycles. The third-order valence-electron chi connectivity index (χ3n) is 2.99. The van der Waals surface area contributed by atoms with E-state index in [0.717, 1.165) is 21.9 Å². The van der Waals surface area contributed by atoms with E-state index in [1.54, 1.807) is 11.3 Å². The maximum atomic E-state index is 9.17. The highest BCUT2D eigenvalue weighted by Crippen LogP contribution is 2.19. The summed E-state index contributed by atoms with van der Waals surface area (Å²) in [5.74, 6) is 0. The zero-order valence-electron chi connectivity index (χ0n) is 10.4. The van der Waals surface area contributed by atoms with E-state index >= 15 is 0 Å². The number of anilines is 1. The van der Waals surface area contributed by atoms with Crippen molar-refractivity contribution in [3.8, 4) is 6.07 Å². The van der Waals surface area contributed by atoms with Crippen molar-refractivity contribution in [2.75, 3.05) is 5.32 Å². The highest BCUT2D eigenvalue weighted by molar-refractivity contribution is 7.15. The second-order valence-electron chi connectivity index (χ2n) is 4.29. The molecule has 2 aromatic heterocycles. The van der Waals surface area contributed by atoms with Crippen molar-refractivity contribution in [3.05, 3.63) is 52.8 Å². The molecule has 0 amide bonds. The number of nitrogens with one attached hydrogen (secondary N) is 1. The molecule has 1 aromatic carbocycles. The van der Waals surface area contributed by atoms with Crippen molar-refractivity contribution in [1.29, 1.82) is 5.26 Å². The van der Waals surface area contributed by atoms with Gasteiger partial charge in [-0.05, 0) is 18.6 Å². The predicted octanol–water partition coefficient (Wildman–Crippen LogP) is 3.19. The van der Waals surface area contributed by atoms with Crippen LogP contribution in [0.1, 0.15) is 16.8 Å². The zero-order chi connectivity index (χ0) is 13.2. The van der Waals surface area contributed by atoms with Crippen LogP contribution in [0.25, 0.3) is 4.96 Å². The number of benzene rings is 1. The molecule has 1 N–H and O–H groups in total. The summed E-state index contributed by atoms with van der Waals surface area (Å²) >= 11 is 1.61. The fourth-order valence-electron chi connectivity index (χ4n) is 2.01. The van der Waals surface area contributed by atoms with Gasteiger partial charge in [-0.15, -0.1) is 11.3 Å². The fraction of sp³-hybridized carbons (Fsp3) is 0.143. The van der Waals surface area contributed by atoms with Crippen molar-refractivity contribution in [3.63, 3.8) is 0 Å². The lowest BCUT2D eigenvalue weighted by molar-refractivity contribution is 1.08. The van der Waals surface area contributed by atoms with Gasteiger partial charge in [-0.2, -0.15) is 5.26 Å². The summed E-state index contributed by atoms with van der Waals surface area (Å²) < 4.78 is 2.00. The molecular formula is C14H12N4S. The number of thiazole rings is 1. The summed E-state index contributed by atoms with van der Waals surface area (Å²) in [5, 5.41) is 14.5. The van der Waals surface area contributed by atoms with Gasteiger partial charge < -0.3 is 5.32 Å². The highest BCUT2D eigenvalue weighted by atomic mass is 32.1. The summed E-state index contributed by atoms with van der Waals surface area (Å²) in [7, 11) is 0. The number of rotatable bonds is 3. The molecule has 2 heterocycles. The van der Waals surface area contributed by atoms with Gasteiger partial charge in [-0.25, -0.2) is 4.98 Å². The Kier molecular flexibility index (Phi) is 2.94. The molecule has 94 valence electrons. The largest absolute Gasteiger partial charge is 0.378 e. The smallest absolute Gasteiger partial charge is 0.193 e. The van der Waals surface area contributed by atoms with Crippen LogP contribution in [0.15, 0.2) is 36.0 Å². The van der Waals surface area contributed by atoms with E-state index in [-0.39, 0.29) is 0 Å². The fourth-order valence-corrected chi connectivity index (χ4v) is 2.73. The Bertz CT molecular complexity index is 735. The van der Waals surface area contributed by atoms with Crippen LogP contribution in [0, 0.1) is 18.3 Å². The summed E-state index contributed by atoms with van der Waals surface area (Å²) in [5.41, 5.74) is 3.51. The molecule has 0 aliphatic rings. The number of aromatic nitrogens is 2. The van der Waals surface area contributed by atoms with Gasteiger partial charge in [-0.3, -0.25) is 4.40 Å². The molecule has 3 aromatic rings. The number of nitriles is 1. The molecule has 5 heteroatoms. The third-order valence-corrected chi connectivity index (χ3v) is 3.76. The van der Waals surface area contributed by atoms with Crippen LogP contribution in [0.4, 0.5) is 5.69 Å². The summed E-state index contributed by atoms with van der Waals surface area (Å²) in [4.78, 5) is 5.49. The second-order valence-corrected chi connectivity index (χ2v) is 5.16. The Morgan fingerprint density at radius 2 is 2.37 bits per heavy atom. The van der Waals surface area contributed by atoms with E-state index in [1.807, 2.05) is 47.3 Å². The maximum absolute atomic E-state index is 9.17. The molecule has 0 radical (unpaired) electrons. The number of imidazole rings is 1. The molecule has 4 nitrogen and oxygen atoms in total. The Labute approximate surface area is 115 Å². The van der Waals surface area contributed by atoms with Crippen molar-refractivity contribution < 1.29 is 0 Å². The Morgan fingerprint density at radius 1 is 1.47 bits per heavy atom. The van der Waals surface area contributed by atoms with Crippen LogP contribution in [-0.4, -0.2) is 9.38 Å². The van der Waals surface area contributed by atoms with Gasteiger partial charge in [0, 0.05) is 17.8 Å². The van der Waals surface area contributed by atoms with Crippen molar-refractivity contribution in [1.82, 2.24) is 9.38 Å². The van der Waals surface area contributed by atoms with Gasteiger partial charge in [0.1, 0.15) is 6.07 Å². The van der Waals surface area contributed by atoms with E-state index in [9.17, 15) is 0 Å². The van der Waals surface area contributed by atoms with E-state index in [0.29, 0.717) is 12.1 Å². The zero-order valence-corrected chi connectivity index (χ0v) is 11.2. The first-order chi connectivity index (χ1) is 9.28. The predicted molar refractivity (Wildman–Crippen MR) is 76.3 cm³/mol. The number of nitrogens with zero attached hydrogens (tertiary/aromatic N) is 3. The molecule has 19 heavy (non-hydrogen) atoms. The van der Waals surface area contributed by atoms with E-state index in [1.165, 1.54) is 0 Å². The lowest BCUT2D eigenvalue weighted by atomic mass is 10.1. The van der Waals surface area contributed by atoms with Crippen molar-refractivity contribution in [2.45, 2.75) is 13.5 Å². The topological polar surface area (TPSA) is 53.1 Å². The minimum absolute atomic E-state index is 0.618. The average molecular weight is 268 g/mol. The molecule has 0 saturated heterocycles. The van der Waals surface area contributed by atoms with Crippen LogP contribution < -0.4 is 5.32 Å². The summed E-state index contributed by atoms with van der Waals surface area (Å²) in [6.07, 6.45) is 3.99. The Balaban J connectivity index is 1.81. The second kappa shape index (κ2) is 4.75. The first kappa shape index (κ1) is 11.8. The van der Waals surface area contributed by atoms with E-state index < -0.39 is 0 Å². The molecule has 3 rings (SSSR count). The number of fused-ring (bicyclic) bond motifs is 1. The third kappa shape index (κ3) is 2.18. The van der Waals surface area contributed by atoms with Crippen LogP contribution >= 0.6 is 11.3 Å². The van der Waals surface area contributed by atoms with Gasteiger partial charge in [0.25, 0.3) is 0 Å². The maximum Gasteiger partial charge on any atom is 0.193 e. The van der Waals surface area contributed by atoms with Gasteiger partial charge in [0.05, 0.1) is 23.5 Å². The minimum atomic E-state index is 0.618. The SMILES string of the molecule is Cc1cccc(NCc2cn3ccsc3n2)c1C#N. The van der Waals surface area contributed by atoms with Crippen LogP contribution in [0.5, 0.6) is 0 Å². The molecule has 0 aliphatic carbocycles. The molecule has 0 unspecified atom stereocenters. The van der Waals surface area contributed by atoms with Crippen LogP contribution in [0.2, 0.25) is 0 Å². The monoisotopic (exact) mass is 268 g/mol. The van der Waals surface area contributed by atoms with Gasteiger partial charge in [0.15, 0.2) is 4.96 Å². The van der Waals surface area contributed by atoms with E-state index in [2.05, 4.69) is 16.4 Å². The molecular weight excluding hydrogens is 256 g/mol. The Hall–Kier alpha value is -2.32. The molecule has 0 fully saturated rings. The summed E-state index contributed by atoms with van der Waals surface area (Å²) in [6, 6.07) is 8.05. The Morgan fingerprint density at radius 3 is 3.16 bits per heavy atom. The van der Waals surface area contributed by atoms with Crippen molar-refractivity contribution in [2.24, 2.45) is 0 Å². The lowest BCUT2D eigenvalue weighted by Crippen LogP contribution is -2.02. The van der Waals surface area contributed by atoms with E-state index in [4.69, 9.17) is 5.26 Å². The van der Waals surface area contributed by atoms with Crippen LogP contribution in [0.3, 0.4) is 0 Å². The average Bonchev–Trinajstić information content (AvgIpc) is 2.97. The molecule has 0 aliphatic heterocycles. The molecule has 0 atom stereocenters. The first-order valence-electron chi connectivity index (χ1n) is 5.92. The highest BCUT2D eigenvalue weighted by Gasteiger charge is 2.06. The number of hydrogen-bond acceptors (Lipinski definition) is 4.